The summed E-state index contributed by atoms with van der Waals surface area (Å²) in [6.07, 6.45) is 9.16. The number of pyridine rings is 1. The predicted octanol–water partition coefficient (Wildman–Crippen LogP) is 7.53. The van der Waals surface area contributed by atoms with E-state index in [1.165, 1.54) is 28.8 Å². The number of ether oxygens (including phenoxy) is 4. The minimum absolute atomic E-state index is 0.0178. The topological polar surface area (TPSA) is 202 Å². The number of hydrogen-bond acceptors (Lipinski definition) is 15. The molecule has 4 aliphatic heterocycles. The highest BCUT2D eigenvalue weighted by molar-refractivity contribution is 7.90. The van der Waals surface area contributed by atoms with Crippen LogP contribution >= 0.6 is 11.6 Å². The van der Waals surface area contributed by atoms with Gasteiger partial charge in [-0.2, -0.15) is 10.2 Å². The summed E-state index contributed by atoms with van der Waals surface area (Å²) in [4.78, 5) is 31.7. The molecule has 6 aliphatic rings. The molecule has 0 radical (unpaired) electrons. The number of rotatable bonds is 11. The van der Waals surface area contributed by atoms with Gasteiger partial charge in [0.05, 0.1) is 60.4 Å². The molecule has 3 saturated heterocycles. The van der Waals surface area contributed by atoms with Crippen LogP contribution in [0.15, 0.2) is 89.5 Å². The average molecular weight is 1090 g/mol. The van der Waals surface area contributed by atoms with E-state index in [4.69, 9.17) is 35.5 Å². The number of nitrogens with zero attached hydrogens (tertiary/aromatic N) is 5. The Kier molecular flexibility index (Phi) is 16.2. The number of halogens is 1. The molecule has 2 aliphatic carbocycles. The highest BCUT2D eigenvalue weighted by atomic mass is 35.5. The van der Waals surface area contributed by atoms with E-state index in [0.717, 1.165) is 101 Å². The quantitative estimate of drug-likeness (QED) is 0.0812. The number of carbonyl (C=O) groups excluding carboxylic acids is 1. The molecule has 2 aromatic heterocycles. The summed E-state index contributed by atoms with van der Waals surface area (Å²) < 4.78 is 55.7. The number of hydrogen-bond donors (Lipinski definition) is 5. The SMILES string of the molecule is CC1(C)CC(c2ccc(Cl)cc2)=C2CN3CCN(c4ccc(C(=O)NS(=O)(=O)c5ccc(NCC6CCC(N7CCOCC7)CC6)c([NH+]([O-])O)c5)c(N5CCCOc6nc7[nH]ccc7cc65)c4)CC3COCCCO[C@@H]2C1. The molecule has 1 amide bonds. The smallest absolute Gasteiger partial charge is 0.267 e. The van der Waals surface area contributed by atoms with E-state index in [-0.39, 0.29) is 33.7 Å². The van der Waals surface area contributed by atoms with Gasteiger partial charge in [0.15, 0.2) is 5.69 Å². The van der Waals surface area contributed by atoms with Gasteiger partial charge in [-0.25, -0.2) is 18.3 Å². The highest BCUT2D eigenvalue weighted by Crippen LogP contribution is 2.46. The molecular formula is C57H72ClN9O9S. The third-order valence-corrected chi connectivity index (χ3v) is 18.1. The number of quaternary nitrogens is 1. The van der Waals surface area contributed by atoms with Gasteiger partial charge in [0.2, 0.25) is 5.88 Å². The minimum Gasteiger partial charge on any atom is -0.595 e. The van der Waals surface area contributed by atoms with Crippen LogP contribution < -0.4 is 29.8 Å². The summed E-state index contributed by atoms with van der Waals surface area (Å²) in [6.45, 7) is 14.0. The second kappa shape index (κ2) is 23.2. The Labute approximate surface area is 456 Å². The number of aromatic nitrogens is 2. The number of sulfonamides is 1. The van der Waals surface area contributed by atoms with E-state index in [0.29, 0.717) is 105 Å². The van der Waals surface area contributed by atoms with E-state index in [1.807, 2.05) is 47.5 Å². The molecule has 18 nitrogen and oxygen atoms in total. The van der Waals surface area contributed by atoms with Crippen LogP contribution in [0.5, 0.6) is 5.88 Å². The highest BCUT2D eigenvalue weighted by Gasteiger charge is 2.39. The molecule has 77 heavy (non-hydrogen) atoms. The number of benzene rings is 3. The molecule has 0 spiro atoms. The van der Waals surface area contributed by atoms with Crippen LogP contribution in [0.2, 0.25) is 5.02 Å². The van der Waals surface area contributed by atoms with Crippen molar-refractivity contribution in [2.45, 2.75) is 88.3 Å². The molecule has 11 rings (SSSR count). The number of morpholine rings is 1. The van der Waals surface area contributed by atoms with Crippen molar-refractivity contribution < 1.29 is 42.6 Å². The summed E-state index contributed by atoms with van der Waals surface area (Å²) in [5.74, 6) is -0.120. The van der Waals surface area contributed by atoms with E-state index >= 15 is 0 Å². The van der Waals surface area contributed by atoms with Crippen molar-refractivity contribution in [3.8, 4) is 5.88 Å². The third kappa shape index (κ3) is 12.1. The van der Waals surface area contributed by atoms with Crippen LogP contribution in [0.25, 0.3) is 16.6 Å². The monoisotopic (exact) mass is 1090 g/mol. The fraction of sp³-hybridized carbons (Fsp3) is 0.509. The van der Waals surface area contributed by atoms with Crippen molar-refractivity contribution in [2.75, 3.05) is 107 Å². The molecule has 3 atom stereocenters. The largest absolute Gasteiger partial charge is 0.595 e. The molecule has 5 N–H and O–H groups in total. The Bertz CT molecular complexity index is 3050. The first kappa shape index (κ1) is 53.7. The maximum Gasteiger partial charge on any atom is 0.267 e. The molecule has 0 bridgehead atoms. The fourth-order valence-electron chi connectivity index (χ4n) is 12.4. The zero-order chi connectivity index (χ0) is 53.3. The molecule has 4 fully saturated rings. The van der Waals surface area contributed by atoms with Crippen molar-refractivity contribution in [1.82, 2.24) is 24.5 Å². The Hall–Kier alpha value is -5.32. The van der Waals surface area contributed by atoms with Crippen molar-refractivity contribution in [2.24, 2.45) is 11.3 Å². The number of anilines is 4. The maximum absolute atomic E-state index is 14.7. The molecular weight excluding hydrogens is 1020 g/mol. The molecule has 3 aromatic carbocycles. The van der Waals surface area contributed by atoms with Crippen LogP contribution in [0.1, 0.15) is 81.1 Å². The standard InChI is InChI=1S/C57H72ClN9O9S/c1-57(2)32-47(39-7-9-41(58)10-8-39)48-36-65-21-20-64(35-44(65)37-74-24-4-26-75-53(48)33-57)43-13-15-46(50(30-43)66-19-3-25-76-56-52(66)29-40-17-18-59-54(40)61-56)55(68)62-77(71,72)45-14-16-49(51(31-45)67(69)70)60-34-38-5-11-42(12-6-38)63-22-27-73-28-23-63/h7-10,13-18,29-31,38,42,44,53,60,67,69H,3-6,11-12,19-28,32-37H2,1-2H3,(H,59,61)(H,62,68)/t38?,42?,44?,53-/m1/s1. The van der Waals surface area contributed by atoms with Crippen LogP contribution in [-0.2, 0) is 24.2 Å². The third-order valence-electron chi connectivity index (χ3n) is 16.5. The van der Waals surface area contributed by atoms with Crippen molar-refractivity contribution >= 4 is 72.6 Å². The van der Waals surface area contributed by atoms with Crippen molar-refractivity contribution in [1.29, 1.82) is 0 Å². The lowest BCUT2D eigenvalue weighted by Crippen LogP contribution is -2.99. The van der Waals surface area contributed by atoms with Crippen LogP contribution in [0, 0.1) is 16.5 Å². The number of nitrogens with one attached hydrogen (secondary N) is 4. The number of aromatic amines is 1. The zero-order valence-corrected chi connectivity index (χ0v) is 45.7. The number of piperazine rings is 1. The normalized spacial score (nSPS) is 24.4. The second-order valence-electron chi connectivity index (χ2n) is 22.3. The number of fused-ring (bicyclic) bond motifs is 4. The minimum atomic E-state index is -4.58. The van der Waals surface area contributed by atoms with Gasteiger partial charge < -0.3 is 44.3 Å². The number of amides is 1. The maximum atomic E-state index is 14.7. The van der Waals surface area contributed by atoms with E-state index < -0.39 is 21.2 Å². The van der Waals surface area contributed by atoms with Crippen LogP contribution in [0.3, 0.4) is 0 Å². The lowest BCUT2D eigenvalue weighted by Gasteiger charge is -2.45. The first-order chi connectivity index (χ1) is 37.2. The van der Waals surface area contributed by atoms with Gasteiger partial charge in [-0.1, -0.05) is 37.6 Å². The second-order valence-corrected chi connectivity index (χ2v) is 24.5. The molecule has 2 unspecified atom stereocenters. The summed E-state index contributed by atoms with van der Waals surface area (Å²) in [7, 11) is -4.58. The summed E-state index contributed by atoms with van der Waals surface area (Å²) in [6, 6.07) is 22.1. The Morgan fingerprint density at radius 2 is 1.70 bits per heavy atom. The predicted molar refractivity (Wildman–Crippen MR) is 297 cm³/mol. The zero-order valence-electron chi connectivity index (χ0n) is 44.1. The fourth-order valence-corrected chi connectivity index (χ4v) is 13.5. The summed E-state index contributed by atoms with van der Waals surface area (Å²) in [5.41, 5.74) is 6.73. The molecule has 412 valence electrons. The van der Waals surface area contributed by atoms with Gasteiger partial charge in [0.25, 0.3) is 15.9 Å². The van der Waals surface area contributed by atoms with Crippen molar-refractivity contribution in [3.63, 3.8) is 0 Å². The van der Waals surface area contributed by atoms with Gasteiger partial charge in [-0.3, -0.25) is 14.6 Å². The van der Waals surface area contributed by atoms with Crippen LogP contribution in [-0.4, -0.2) is 149 Å². The molecule has 6 heterocycles. The Morgan fingerprint density at radius 1 is 0.883 bits per heavy atom. The summed E-state index contributed by atoms with van der Waals surface area (Å²) in [5, 5.41) is 26.7. The van der Waals surface area contributed by atoms with E-state index in [9.17, 15) is 23.6 Å². The molecule has 5 aromatic rings. The van der Waals surface area contributed by atoms with Gasteiger partial charge in [0.1, 0.15) is 11.3 Å². The Morgan fingerprint density at radius 3 is 2.51 bits per heavy atom. The van der Waals surface area contributed by atoms with Crippen LogP contribution in [0.4, 0.5) is 28.4 Å². The lowest BCUT2D eigenvalue weighted by atomic mass is 9.71. The van der Waals surface area contributed by atoms with E-state index in [1.54, 1.807) is 6.07 Å². The number of carbonyl (C=O) groups is 1. The van der Waals surface area contributed by atoms with Gasteiger partial charge in [0, 0.05) is 100.0 Å². The van der Waals surface area contributed by atoms with E-state index in [2.05, 4.69) is 55.7 Å². The first-order valence-electron chi connectivity index (χ1n) is 27.4. The van der Waals surface area contributed by atoms with Gasteiger partial charge >= 0.3 is 0 Å². The first-order valence-corrected chi connectivity index (χ1v) is 29.3. The Balaban J connectivity index is 0.865. The number of allylic oxidation sites excluding steroid dienone is 1. The molecule has 1 saturated carbocycles. The molecule has 20 heteroatoms. The summed E-state index contributed by atoms with van der Waals surface area (Å²) >= 11 is 6.39. The number of H-pyrrole nitrogens is 1. The van der Waals surface area contributed by atoms with Gasteiger partial charge in [-0.05, 0) is 134 Å². The lowest BCUT2D eigenvalue weighted by molar-refractivity contribution is -0.990. The van der Waals surface area contributed by atoms with Gasteiger partial charge in [-0.15, -0.1) is 0 Å². The average Bonchev–Trinajstić information content (AvgIpc) is 3.86. The van der Waals surface area contributed by atoms with Crippen molar-refractivity contribution in [3.05, 3.63) is 106 Å².